The van der Waals surface area contributed by atoms with Crippen molar-refractivity contribution in [2.75, 3.05) is 12.9 Å². The summed E-state index contributed by atoms with van der Waals surface area (Å²) >= 11 is 7.39. The smallest absolute Gasteiger partial charge is 0.242 e. The van der Waals surface area contributed by atoms with Crippen molar-refractivity contribution in [3.63, 3.8) is 0 Å². The van der Waals surface area contributed by atoms with Crippen LogP contribution >= 0.6 is 23.4 Å². The van der Waals surface area contributed by atoms with Crippen molar-refractivity contribution >= 4 is 35.2 Å². The maximum atomic E-state index is 13.2. The van der Waals surface area contributed by atoms with Crippen LogP contribution in [0.5, 0.6) is 5.75 Å². The second-order valence-corrected chi connectivity index (χ2v) is 9.26. The van der Waals surface area contributed by atoms with Gasteiger partial charge in [0.25, 0.3) is 0 Å². The van der Waals surface area contributed by atoms with Crippen LogP contribution in [0.2, 0.25) is 5.02 Å². The molecule has 2 aromatic rings. The molecule has 5 nitrogen and oxygen atoms in total. The van der Waals surface area contributed by atoms with Crippen molar-refractivity contribution in [2.24, 2.45) is 0 Å². The Balaban J connectivity index is 1.70. The Morgan fingerprint density at radius 3 is 2.39 bits per heavy atom. The summed E-state index contributed by atoms with van der Waals surface area (Å²) in [6.07, 6.45) is 4.31. The zero-order valence-corrected chi connectivity index (χ0v) is 19.5. The summed E-state index contributed by atoms with van der Waals surface area (Å²) in [5.74, 6) is 0.834. The monoisotopic (exact) mass is 460 g/mol. The Labute approximate surface area is 193 Å². The molecule has 2 aromatic carbocycles. The Hall–Kier alpha value is -2.18. The van der Waals surface area contributed by atoms with Crippen molar-refractivity contribution in [1.82, 2.24) is 10.2 Å². The first-order chi connectivity index (χ1) is 15.0. The molecule has 3 rings (SSSR count). The average molecular weight is 461 g/mol. The summed E-state index contributed by atoms with van der Waals surface area (Å²) in [5.41, 5.74) is 0.950. The highest BCUT2D eigenvalue weighted by atomic mass is 35.5. The van der Waals surface area contributed by atoms with Gasteiger partial charge < -0.3 is 15.0 Å². The van der Waals surface area contributed by atoms with Gasteiger partial charge in [-0.1, -0.05) is 36.6 Å². The number of carbonyl (C=O) groups is 2. The molecule has 0 aromatic heterocycles. The van der Waals surface area contributed by atoms with Crippen LogP contribution in [-0.2, 0) is 16.1 Å². The number of hydrogen-bond donors (Lipinski definition) is 1. The van der Waals surface area contributed by atoms with E-state index in [9.17, 15) is 9.59 Å². The van der Waals surface area contributed by atoms with Crippen LogP contribution in [0.3, 0.4) is 0 Å². The zero-order valence-electron chi connectivity index (χ0n) is 18.0. The van der Waals surface area contributed by atoms with Gasteiger partial charge in [0, 0.05) is 22.5 Å². The fraction of sp³-hybridized carbons (Fsp3) is 0.417. The molecule has 0 spiro atoms. The summed E-state index contributed by atoms with van der Waals surface area (Å²) in [7, 11) is 1.62. The Kier molecular flexibility index (Phi) is 8.67. The molecular weight excluding hydrogens is 432 g/mol. The number of ether oxygens (including phenoxy) is 1. The molecule has 1 fully saturated rings. The van der Waals surface area contributed by atoms with Crippen LogP contribution < -0.4 is 10.1 Å². The Morgan fingerprint density at radius 1 is 1.13 bits per heavy atom. The van der Waals surface area contributed by atoms with Crippen LogP contribution in [0.1, 0.15) is 38.2 Å². The van der Waals surface area contributed by atoms with E-state index in [0.29, 0.717) is 11.6 Å². The van der Waals surface area contributed by atoms with E-state index in [1.807, 2.05) is 36.4 Å². The van der Waals surface area contributed by atoms with Gasteiger partial charge in [-0.2, -0.15) is 0 Å². The Bertz CT molecular complexity index is 867. The lowest BCUT2D eigenvalue weighted by atomic mass is 10.1. The molecule has 7 heteroatoms. The summed E-state index contributed by atoms with van der Waals surface area (Å²) < 4.78 is 5.22. The first kappa shape index (κ1) is 23.5. The van der Waals surface area contributed by atoms with E-state index in [2.05, 4.69) is 5.32 Å². The summed E-state index contributed by atoms with van der Waals surface area (Å²) in [5, 5.41) is 3.78. The molecule has 166 valence electrons. The van der Waals surface area contributed by atoms with E-state index in [0.717, 1.165) is 41.9 Å². The predicted octanol–water partition coefficient (Wildman–Crippen LogP) is 4.92. The van der Waals surface area contributed by atoms with Gasteiger partial charge in [0.1, 0.15) is 11.8 Å². The number of benzene rings is 2. The first-order valence-corrected chi connectivity index (χ1v) is 11.9. The molecule has 1 aliphatic rings. The third kappa shape index (κ3) is 6.91. The predicted molar refractivity (Wildman–Crippen MR) is 126 cm³/mol. The summed E-state index contributed by atoms with van der Waals surface area (Å²) in [6.45, 7) is 2.17. The van der Waals surface area contributed by atoms with Crippen molar-refractivity contribution < 1.29 is 14.3 Å². The molecule has 1 aliphatic carbocycles. The molecule has 0 saturated heterocycles. The molecule has 1 atom stereocenters. The van der Waals surface area contributed by atoms with Gasteiger partial charge >= 0.3 is 0 Å². The topological polar surface area (TPSA) is 58.6 Å². The molecule has 1 saturated carbocycles. The molecular formula is C24H29ClN2O3S. The first-order valence-electron chi connectivity index (χ1n) is 10.6. The van der Waals surface area contributed by atoms with Crippen LogP contribution in [0.15, 0.2) is 53.4 Å². The van der Waals surface area contributed by atoms with Gasteiger partial charge in [-0.15, -0.1) is 11.8 Å². The number of nitrogens with zero attached hydrogens (tertiary/aromatic N) is 1. The lowest BCUT2D eigenvalue weighted by Crippen LogP contribution is -2.50. The normalized spacial score (nSPS) is 14.8. The number of hydrogen-bond acceptors (Lipinski definition) is 4. The fourth-order valence-corrected chi connectivity index (χ4v) is 4.57. The van der Waals surface area contributed by atoms with E-state index in [1.165, 1.54) is 11.8 Å². The van der Waals surface area contributed by atoms with Gasteiger partial charge in [-0.3, -0.25) is 9.59 Å². The SMILES string of the molecule is COc1ccc(CN(C(=O)CSc2ccc(Cl)cc2)[C@@H](C)C(=O)NC2CCCC2)cc1. The van der Waals surface area contributed by atoms with Crippen LogP contribution in [0, 0.1) is 0 Å². The van der Waals surface area contributed by atoms with Gasteiger partial charge in [-0.25, -0.2) is 0 Å². The number of amides is 2. The summed E-state index contributed by atoms with van der Waals surface area (Å²) in [6, 6.07) is 14.6. The quantitative estimate of drug-likeness (QED) is 0.540. The molecule has 0 aliphatic heterocycles. The second-order valence-electron chi connectivity index (χ2n) is 7.78. The maximum Gasteiger partial charge on any atom is 0.242 e. The molecule has 1 N–H and O–H groups in total. The van der Waals surface area contributed by atoms with Crippen LogP contribution in [0.25, 0.3) is 0 Å². The molecule has 31 heavy (non-hydrogen) atoms. The standard InChI is InChI=1S/C24H29ClN2O3S/c1-17(24(29)26-20-5-3-4-6-20)27(15-18-7-11-21(30-2)12-8-18)23(28)16-31-22-13-9-19(25)10-14-22/h7-14,17,20H,3-6,15-16H2,1-2H3,(H,26,29)/t17-/m0/s1. The van der Waals surface area contributed by atoms with Gasteiger partial charge in [0.05, 0.1) is 12.9 Å². The van der Waals surface area contributed by atoms with Crippen molar-refractivity contribution in [3.05, 3.63) is 59.1 Å². The van der Waals surface area contributed by atoms with E-state index in [1.54, 1.807) is 31.1 Å². The van der Waals surface area contributed by atoms with Gasteiger partial charge in [0.2, 0.25) is 11.8 Å². The van der Waals surface area contributed by atoms with E-state index in [4.69, 9.17) is 16.3 Å². The van der Waals surface area contributed by atoms with Crippen molar-refractivity contribution in [1.29, 1.82) is 0 Å². The average Bonchev–Trinajstić information content (AvgIpc) is 3.30. The lowest BCUT2D eigenvalue weighted by Gasteiger charge is -2.29. The van der Waals surface area contributed by atoms with E-state index in [-0.39, 0.29) is 23.6 Å². The van der Waals surface area contributed by atoms with Crippen molar-refractivity contribution in [3.8, 4) is 5.75 Å². The largest absolute Gasteiger partial charge is 0.497 e. The minimum atomic E-state index is -0.555. The zero-order chi connectivity index (χ0) is 22.2. The molecule has 0 heterocycles. The minimum absolute atomic E-state index is 0.0789. The number of methoxy groups -OCH3 is 1. The van der Waals surface area contributed by atoms with E-state index >= 15 is 0 Å². The molecule has 0 radical (unpaired) electrons. The highest BCUT2D eigenvalue weighted by Gasteiger charge is 2.28. The number of carbonyl (C=O) groups excluding carboxylic acids is 2. The number of thioether (sulfide) groups is 1. The highest BCUT2D eigenvalue weighted by Crippen LogP contribution is 2.23. The molecule has 2 amide bonds. The molecule has 0 unspecified atom stereocenters. The third-order valence-electron chi connectivity index (χ3n) is 5.56. The number of rotatable bonds is 9. The lowest BCUT2D eigenvalue weighted by molar-refractivity contribution is -0.138. The van der Waals surface area contributed by atoms with Crippen molar-refractivity contribution in [2.45, 2.75) is 56.1 Å². The van der Waals surface area contributed by atoms with Gasteiger partial charge in [-0.05, 0) is 61.7 Å². The second kappa shape index (κ2) is 11.4. The molecule has 0 bridgehead atoms. The third-order valence-corrected chi connectivity index (χ3v) is 6.81. The van der Waals surface area contributed by atoms with Crippen LogP contribution in [0.4, 0.5) is 0 Å². The summed E-state index contributed by atoms with van der Waals surface area (Å²) in [4.78, 5) is 28.7. The minimum Gasteiger partial charge on any atom is -0.497 e. The maximum absolute atomic E-state index is 13.2. The van der Waals surface area contributed by atoms with Gasteiger partial charge in [0.15, 0.2) is 0 Å². The fourth-order valence-electron chi connectivity index (χ4n) is 3.66. The Morgan fingerprint density at radius 2 is 1.77 bits per heavy atom. The number of nitrogens with one attached hydrogen (secondary N) is 1. The highest BCUT2D eigenvalue weighted by molar-refractivity contribution is 8.00. The van der Waals surface area contributed by atoms with Crippen LogP contribution in [-0.4, -0.2) is 41.7 Å². The number of halogens is 1. The van der Waals surface area contributed by atoms with E-state index < -0.39 is 6.04 Å².